The van der Waals surface area contributed by atoms with Crippen molar-refractivity contribution in [1.29, 1.82) is 0 Å². The molecule has 0 N–H and O–H groups in total. The molecule has 6 heteroatoms. The Bertz CT molecular complexity index is 415. The summed E-state index contributed by atoms with van der Waals surface area (Å²) in [5, 5.41) is 20.0. The highest BCUT2D eigenvalue weighted by atomic mass is 32.2. The lowest BCUT2D eigenvalue weighted by Gasteiger charge is -2.18. The maximum absolute atomic E-state index is 10.7. The van der Waals surface area contributed by atoms with E-state index in [1.54, 1.807) is 31.4 Å². The third-order valence-electron chi connectivity index (χ3n) is 2.23. The van der Waals surface area contributed by atoms with Gasteiger partial charge < -0.3 is 24.5 Å². The number of hydrogen-bond acceptors (Lipinski definition) is 6. The van der Waals surface area contributed by atoms with Crippen LogP contribution in [0.25, 0.3) is 0 Å². The van der Waals surface area contributed by atoms with Crippen molar-refractivity contribution >= 4 is 23.7 Å². The molecule has 0 heterocycles. The average molecular weight is 268 g/mol. The number of aliphatic carboxylic acids is 2. The number of rotatable bonds is 7. The van der Waals surface area contributed by atoms with Crippen LogP contribution in [-0.2, 0) is 15.3 Å². The summed E-state index contributed by atoms with van der Waals surface area (Å²) < 4.78 is 4.99. The van der Waals surface area contributed by atoms with Crippen LogP contribution < -0.4 is 14.9 Å². The van der Waals surface area contributed by atoms with Crippen molar-refractivity contribution in [1.82, 2.24) is 0 Å². The molecule has 0 aromatic heterocycles. The van der Waals surface area contributed by atoms with E-state index in [4.69, 9.17) is 4.74 Å². The van der Waals surface area contributed by atoms with Gasteiger partial charge in [-0.15, -0.1) is 11.8 Å². The standard InChI is InChI=1S/C12H14O5S/c1-17-9-4-2-8(3-5-9)7-18-10(12(15)16)6-11(13)14/h2-5,10H,6-7H2,1H3,(H,13,14)(H,15,16)/p-2/t10-/m1/s1. The van der Waals surface area contributed by atoms with Gasteiger partial charge in [-0.05, 0) is 17.7 Å². The van der Waals surface area contributed by atoms with Gasteiger partial charge in [0.2, 0.25) is 0 Å². The van der Waals surface area contributed by atoms with Crippen LogP contribution in [0.3, 0.4) is 0 Å². The van der Waals surface area contributed by atoms with E-state index < -0.39 is 23.6 Å². The smallest absolute Gasteiger partial charge is 0.118 e. The van der Waals surface area contributed by atoms with E-state index in [0.717, 1.165) is 17.3 Å². The number of benzene rings is 1. The fraction of sp³-hybridized carbons (Fsp3) is 0.333. The van der Waals surface area contributed by atoms with E-state index in [0.29, 0.717) is 11.5 Å². The lowest BCUT2D eigenvalue weighted by Crippen LogP contribution is -2.38. The molecule has 98 valence electrons. The Hall–Kier alpha value is -1.69. The summed E-state index contributed by atoms with van der Waals surface area (Å²) in [6.45, 7) is 0. The minimum atomic E-state index is -1.40. The Morgan fingerprint density at radius 3 is 2.33 bits per heavy atom. The van der Waals surface area contributed by atoms with Gasteiger partial charge in [0.15, 0.2) is 0 Å². The number of carboxylic acid groups (broad SMARTS) is 2. The van der Waals surface area contributed by atoms with Crippen LogP contribution in [0, 0.1) is 0 Å². The highest BCUT2D eigenvalue weighted by Gasteiger charge is 2.11. The Morgan fingerprint density at radius 1 is 1.28 bits per heavy atom. The first-order valence-electron chi connectivity index (χ1n) is 5.18. The van der Waals surface area contributed by atoms with Gasteiger partial charge >= 0.3 is 0 Å². The second-order valence-electron chi connectivity index (χ2n) is 3.54. The highest BCUT2D eigenvalue weighted by Crippen LogP contribution is 2.21. The van der Waals surface area contributed by atoms with E-state index in [-0.39, 0.29) is 0 Å². The molecule has 5 nitrogen and oxygen atoms in total. The first-order valence-corrected chi connectivity index (χ1v) is 6.23. The summed E-state index contributed by atoms with van der Waals surface area (Å²) in [6, 6.07) is 7.08. The number of thioether (sulfide) groups is 1. The van der Waals surface area contributed by atoms with Gasteiger partial charge in [-0.3, -0.25) is 0 Å². The van der Waals surface area contributed by atoms with E-state index in [9.17, 15) is 19.8 Å². The molecular weight excluding hydrogens is 256 g/mol. The summed E-state index contributed by atoms with van der Waals surface area (Å²) in [7, 11) is 1.55. The summed E-state index contributed by atoms with van der Waals surface area (Å²) in [5.41, 5.74) is 0.880. The molecule has 1 rings (SSSR count). The average Bonchev–Trinajstić information content (AvgIpc) is 2.34. The van der Waals surface area contributed by atoms with Crippen LogP contribution in [0.5, 0.6) is 5.75 Å². The minimum Gasteiger partial charge on any atom is -0.550 e. The molecule has 0 aliphatic carbocycles. The van der Waals surface area contributed by atoms with E-state index in [1.807, 2.05) is 0 Å². The third kappa shape index (κ3) is 4.67. The molecule has 1 atom stereocenters. The fourth-order valence-electron chi connectivity index (χ4n) is 1.28. The SMILES string of the molecule is COc1ccc(CS[C@H](CC(=O)[O-])C(=O)[O-])cc1. The number of carboxylic acids is 2. The Morgan fingerprint density at radius 2 is 1.89 bits per heavy atom. The summed E-state index contributed by atoms with van der Waals surface area (Å²) in [5.74, 6) is -1.70. The molecule has 18 heavy (non-hydrogen) atoms. The van der Waals surface area contributed by atoms with Crippen LogP contribution in [0.4, 0.5) is 0 Å². The number of carbonyl (C=O) groups excluding carboxylic acids is 2. The van der Waals surface area contributed by atoms with E-state index in [1.165, 1.54) is 0 Å². The fourth-order valence-corrected chi connectivity index (χ4v) is 2.26. The first-order chi connectivity index (χ1) is 8.52. The molecule has 0 aliphatic heterocycles. The van der Waals surface area contributed by atoms with Crippen LogP contribution >= 0.6 is 11.8 Å². The quantitative estimate of drug-likeness (QED) is 0.642. The van der Waals surface area contributed by atoms with Gasteiger partial charge in [0.25, 0.3) is 0 Å². The Balaban J connectivity index is 2.55. The van der Waals surface area contributed by atoms with Gasteiger partial charge in [-0.1, -0.05) is 12.1 Å². The molecule has 0 aliphatic rings. The maximum atomic E-state index is 10.7. The molecule has 0 bridgehead atoms. The minimum absolute atomic E-state index is 0.385. The molecule has 1 aromatic rings. The second kappa shape index (κ2) is 6.90. The first kappa shape index (κ1) is 14.4. The lowest BCUT2D eigenvalue weighted by atomic mass is 10.2. The molecule has 1 aromatic carbocycles. The molecule has 0 saturated heterocycles. The van der Waals surface area contributed by atoms with Gasteiger partial charge in [0, 0.05) is 23.4 Å². The maximum Gasteiger partial charge on any atom is 0.118 e. The largest absolute Gasteiger partial charge is 0.550 e. The van der Waals surface area contributed by atoms with Crippen molar-refractivity contribution < 1.29 is 24.5 Å². The lowest BCUT2D eigenvalue weighted by molar-refractivity contribution is -0.314. The molecular formula is C12H12O5S-2. The van der Waals surface area contributed by atoms with Gasteiger partial charge in [-0.25, -0.2) is 0 Å². The van der Waals surface area contributed by atoms with Crippen molar-refractivity contribution in [3.63, 3.8) is 0 Å². The zero-order valence-corrected chi connectivity index (χ0v) is 10.6. The van der Waals surface area contributed by atoms with Crippen LogP contribution in [0.1, 0.15) is 12.0 Å². The topological polar surface area (TPSA) is 89.5 Å². The Kier molecular flexibility index (Phi) is 5.51. The van der Waals surface area contributed by atoms with Gasteiger partial charge in [-0.2, -0.15) is 0 Å². The molecule has 0 radical (unpaired) electrons. The molecule has 0 saturated carbocycles. The monoisotopic (exact) mass is 268 g/mol. The Labute approximate surface area is 109 Å². The van der Waals surface area contributed by atoms with E-state index >= 15 is 0 Å². The van der Waals surface area contributed by atoms with Gasteiger partial charge in [0.05, 0.1) is 13.1 Å². The molecule has 0 amide bonds. The van der Waals surface area contributed by atoms with E-state index in [2.05, 4.69) is 0 Å². The molecule has 0 unspecified atom stereocenters. The second-order valence-corrected chi connectivity index (χ2v) is 4.73. The molecule has 0 fully saturated rings. The van der Waals surface area contributed by atoms with Crippen molar-refractivity contribution in [2.75, 3.05) is 7.11 Å². The zero-order chi connectivity index (χ0) is 13.5. The molecule has 0 spiro atoms. The predicted molar refractivity (Wildman–Crippen MR) is 62.7 cm³/mol. The number of hydrogen-bond donors (Lipinski definition) is 0. The van der Waals surface area contributed by atoms with Crippen molar-refractivity contribution in [3.8, 4) is 5.75 Å². The number of ether oxygens (including phenoxy) is 1. The van der Waals surface area contributed by atoms with Crippen molar-refractivity contribution in [2.45, 2.75) is 17.4 Å². The van der Waals surface area contributed by atoms with Crippen LogP contribution in [0.2, 0.25) is 0 Å². The van der Waals surface area contributed by atoms with Crippen molar-refractivity contribution in [2.24, 2.45) is 0 Å². The van der Waals surface area contributed by atoms with Crippen LogP contribution in [0.15, 0.2) is 24.3 Å². The predicted octanol–water partition coefficient (Wildman–Crippen LogP) is -0.813. The number of methoxy groups -OCH3 is 1. The highest BCUT2D eigenvalue weighted by molar-refractivity contribution is 7.99. The van der Waals surface area contributed by atoms with Crippen LogP contribution in [-0.4, -0.2) is 24.3 Å². The summed E-state index contributed by atoms with van der Waals surface area (Å²) >= 11 is 1.00. The summed E-state index contributed by atoms with van der Waals surface area (Å²) in [4.78, 5) is 21.1. The third-order valence-corrected chi connectivity index (χ3v) is 3.49. The zero-order valence-electron chi connectivity index (χ0n) is 9.75. The van der Waals surface area contributed by atoms with Crippen molar-refractivity contribution in [3.05, 3.63) is 29.8 Å². The number of carbonyl (C=O) groups is 2. The summed E-state index contributed by atoms with van der Waals surface area (Å²) in [6.07, 6.45) is -0.552. The van der Waals surface area contributed by atoms with Gasteiger partial charge in [0.1, 0.15) is 5.75 Å². The normalized spacial score (nSPS) is 11.8.